The summed E-state index contributed by atoms with van der Waals surface area (Å²) in [5, 5.41) is 11.3. The molecule has 0 saturated heterocycles. The van der Waals surface area contributed by atoms with Crippen LogP contribution < -0.4 is 0 Å². The van der Waals surface area contributed by atoms with Crippen molar-refractivity contribution < 1.29 is 32.4 Å². The third kappa shape index (κ3) is 3.85. The molecule has 146 valence electrons. The van der Waals surface area contributed by atoms with Crippen LogP contribution in [0, 0.1) is 16.0 Å². The van der Waals surface area contributed by atoms with Gasteiger partial charge in [-0.3, -0.25) is 19.7 Å². The topological polar surface area (TPSA) is 130 Å². The van der Waals surface area contributed by atoms with Gasteiger partial charge in [-0.25, -0.2) is 8.42 Å². The lowest BCUT2D eigenvalue weighted by molar-refractivity contribution is -0.505. The highest BCUT2D eigenvalue weighted by molar-refractivity contribution is 7.95. The summed E-state index contributed by atoms with van der Waals surface area (Å²) in [6.07, 6.45) is 0. The van der Waals surface area contributed by atoms with Crippen LogP contribution >= 0.6 is 0 Å². The molecule has 10 heteroatoms. The van der Waals surface area contributed by atoms with Gasteiger partial charge in [0, 0.05) is 16.4 Å². The highest BCUT2D eigenvalue weighted by Gasteiger charge is 2.51. The number of allylic oxidation sites excluding steroid dienone is 1. The number of methoxy groups -OCH3 is 2. The van der Waals surface area contributed by atoms with Gasteiger partial charge in [-0.05, 0) is 12.5 Å². The number of nitrogens with zero attached hydrogens (tertiary/aromatic N) is 1. The summed E-state index contributed by atoms with van der Waals surface area (Å²) in [4.78, 5) is 35.0. The predicted molar refractivity (Wildman–Crippen MR) is 94.0 cm³/mol. The van der Waals surface area contributed by atoms with Crippen LogP contribution in [0.2, 0.25) is 0 Å². The van der Waals surface area contributed by atoms with Gasteiger partial charge in [0.05, 0.1) is 19.1 Å². The molecule has 0 spiro atoms. The summed E-state index contributed by atoms with van der Waals surface area (Å²) in [5.41, 5.74) is 0.326. The Morgan fingerprint density at radius 3 is 2.07 bits per heavy atom. The second-order valence-corrected chi connectivity index (χ2v) is 8.04. The quantitative estimate of drug-likeness (QED) is 0.302. The zero-order valence-electron chi connectivity index (χ0n) is 14.9. The van der Waals surface area contributed by atoms with Crippen molar-refractivity contribution in [2.45, 2.75) is 18.9 Å². The number of hydrogen-bond acceptors (Lipinski definition) is 8. The van der Waals surface area contributed by atoms with Crippen LogP contribution in [0.4, 0.5) is 0 Å². The number of ether oxygens (including phenoxy) is 2. The summed E-state index contributed by atoms with van der Waals surface area (Å²) < 4.78 is 34.9. The first-order chi connectivity index (χ1) is 12.7. The highest BCUT2D eigenvalue weighted by Crippen LogP contribution is 2.43. The molecule has 0 unspecified atom stereocenters. The van der Waals surface area contributed by atoms with Crippen molar-refractivity contribution in [2.24, 2.45) is 5.92 Å². The summed E-state index contributed by atoms with van der Waals surface area (Å²) in [5.74, 6) is -5.61. The van der Waals surface area contributed by atoms with E-state index in [0.717, 1.165) is 14.2 Å². The van der Waals surface area contributed by atoms with Crippen LogP contribution in [0.15, 0.2) is 40.8 Å². The molecule has 0 bridgehead atoms. The largest absolute Gasteiger partial charge is 0.468 e. The van der Waals surface area contributed by atoms with Gasteiger partial charge in [0.15, 0.2) is 15.8 Å². The lowest BCUT2D eigenvalue weighted by Gasteiger charge is -2.25. The first-order valence-corrected chi connectivity index (χ1v) is 9.58. The standard InChI is InChI=1S/C17H19NO8S/c1-10-12(18(21)22)9-27(23,24)15(10)13(11-7-5-4-6-8-11)14(16(19)25-2)17(20)26-3/h4-8,12-14H,9H2,1-3H3/t12-,13-/m1/s1. The Morgan fingerprint density at radius 1 is 1.15 bits per heavy atom. The number of carbonyl (C=O) groups excluding carboxylic acids is 2. The van der Waals surface area contributed by atoms with Crippen LogP contribution in [0.1, 0.15) is 18.4 Å². The van der Waals surface area contributed by atoms with Crippen molar-refractivity contribution in [1.82, 2.24) is 0 Å². The summed E-state index contributed by atoms with van der Waals surface area (Å²) in [6.45, 7) is 1.33. The van der Waals surface area contributed by atoms with E-state index in [9.17, 15) is 28.1 Å². The van der Waals surface area contributed by atoms with E-state index in [1.165, 1.54) is 6.92 Å². The Hall–Kier alpha value is -2.75. The van der Waals surface area contributed by atoms with E-state index in [2.05, 4.69) is 9.47 Å². The fourth-order valence-electron chi connectivity index (χ4n) is 3.27. The summed E-state index contributed by atoms with van der Waals surface area (Å²) in [6, 6.07) is 6.53. The van der Waals surface area contributed by atoms with Gasteiger partial charge in [-0.1, -0.05) is 30.3 Å². The molecule has 0 fully saturated rings. The van der Waals surface area contributed by atoms with Crippen LogP contribution in [0.25, 0.3) is 0 Å². The maximum absolute atomic E-state index is 12.8. The molecule has 1 aliphatic heterocycles. The Kier molecular flexibility index (Phi) is 5.99. The van der Waals surface area contributed by atoms with E-state index in [1.54, 1.807) is 30.3 Å². The molecular formula is C17H19NO8S. The molecule has 1 aromatic rings. The number of rotatable bonds is 6. The normalized spacial score (nSPS) is 19.6. The van der Waals surface area contributed by atoms with E-state index in [4.69, 9.17) is 0 Å². The van der Waals surface area contributed by atoms with Crippen molar-refractivity contribution >= 4 is 21.8 Å². The van der Waals surface area contributed by atoms with Crippen molar-refractivity contribution in [3.8, 4) is 0 Å². The van der Waals surface area contributed by atoms with Gasteiger partial charge in [-0.15, -0.1) is 0 Å². The van der Waals surface area contributed by atoms with Gasteiger partial charge >= 0.3 is 11.9 Å². The number of esters is 2. The Balaban J connectivity index is 2.79. The second-order valence-electron chi connectivity index (χ2n) is 6.04. The highest BCUT2D eigenvalue weighted by atomic mass is 32.2. The first kappa shape index (κ1) is 20.6. The third-order valence-electron chi connectivity index (χ3n) is 4.54. The molecular weight excluding hydrogens is 378 g/mol. The predicted octanol–water partition coefficient (Wildman–Crippen LogP) is 1.08. The molecule has 9 nitrogen and oxygen atoms in total. The molecule has 0 aliphatic carbocycles. The minimum absolute atomic E-state index is 0.00772. The van der Waals surface area contributed by atoms with Gasteiger partial charge in [0.1, 0.15) is 5.75 Å². The van der Waals surface area contributed by atoms with Crippen LogP contribution in [-0.2, 0) is 28.9 Å². The zero-order valence-corrected chi connectivity index (χ0v) is 15.8. The van der Waals surface area contributed by atoms with Gasteiger partial charge in [-0.2, -0.15) is 0 Å². The van der Waals surface area contributed by atoms with E-state index in [0.29, 0.717) is 5.56 Å². The fraction of sp³-hybridized carbons (Fsp3) is 0.412. The minimum atomic E-state index is -4.08. The first-order valence-electron chi connectivity index (χ1n) is 7.93. The van der Waals surface area contributed by atoms with Gasteiger partial charge < -0.3 is 9.47 Å². The zero-order chi connectivity index (χ0) is 20.4. The number of carbonyl (C=O) groups is 2. The molecule has 0 saturated carbocycles. The Bertz CT molecular complexity index is 875. The minimum Gasteiger partial charge on any atom is -0.468 e. The maximum atomic E-state index is 12.8. The lowest BCUT2D eigenvalue weighted by Crippen LogP contribution is -2.34. The smallest absolute Gasteiger partial charge is 0.321 e. The summed E-state index contributed by atoms with van der Waals surface area (Å²) in [7, 11) is -1.96. The number of hydrogen-bond donors (Lipinski definition) is 0. The van der Waals surface area contributed by atoms with Crippen molar-refractivity contribution in [3.05, 3.63) is 56.5 Å². The maximum Gasteiger partial charge on any atom is 0.321 e. The number of benzene rings is 1. The van der Waals surface area contributed by atoms with Crippen LogP contribution in [0.5, 0.6) is 0 Å². The van der Waals surface area contributed by atoms with E-state index < -0.39 is 50.3 Å². The SMILES string of the molecule is COC(=O)C(C(=O)OC)[C@H](C1=C(C)[C@H]([N+](=O)[O-])CS1(=O)=O)c1ccccc1. The van der Waals surface area contributed by atoms with Crippen molar-refractivity contribution in [2.75, 3.05) is 20.0 Å². The third-order valence-corrected chi connectivity index (χ3v) is 6.54. The van der Waals surface area contributed by atoms with Crippen LogP contribution in [0.3, 0.4) is 0 Å². The molecule has 0 amide bonds. The molecule has 0 aromatic heterocycles. The Morgan fingerprint density at radius 2 is 1.67 bits per heavy atom. The van der Waals surface area contributed by atoms with Crippen molar-refractivity contribution in [3.63, 3.8) is 0 Å². The molecule has 2 rings (SSSR count). The van der Waals surface area contributed by atoms with Gasteiger partial charge in [0.25, 0.3) is 0 Å². The molecule has 27 heavy (non-hydrogen) atoms. The Labute approximate surface area is 156 Å². The average molecular weight is 397 g/mol. The molecule has 1 heterocycles. The lowest BCUT2D eigenvalue weighted by atomic mass is 9.83. The molecule has 2 atom stereocenters. The number of sulfone groups is 1. The monoisotopic (exact) mass is 397 g/mol. The van der Waals surface area contributed by atoms with E-state index in [1.807, 2.05) is 0 Å². The van der Waals surface area contributed by atoms with Gasteiger partial charge in [0.2, 0.25) is 6.04 Å². The molecule has 1 aliphatic rings. The van der Waals surface area contributed by atoms with E-state index >= 15 is 0 Å². The number of nitro groups is 1. The average Bonchev–Trinajstić information content (AvgIpc) is 2.88. The summed E-state index contributed by atoms with van der Waals surface area (Å²) >= 11 is 0. The molecule has 0 radical (unpaired) electrons. The molecule has 0 N–H and O–H groups in total. The molecule has 1 aromatic carbocycles. The van der Waals surface area contributed by atoms with E-state index in [-0.39, 0.29) is 10.5 Å². The second kappa shape index (κ2) is 7.87. The van der Waals surface area contributed by atoms with Crippen LogP contribution in [-0.4, -0.2) is 51.3 Å². The van der Waals surface area contributed by atoms with Crippen molar-refractivity contribution in [1.29, 1.82) is 0 Å². The fourth-order valence-corrected chi connectivity index (χ4v) is 5.52.